The molecule has 0 spiro atoms. The Labute approximate surface area is 130 Å². The van der Waals surface area contributed by atoms with E-state index in [1.54, 1.807) is 12.1 Å². The van der Waals surface area contributed by atoms with E-state index in [2.05, 4.69) is 5.32 Å². The summed E-state index contributed by atoms with van der Waals surface area (Å²) in [7, 11) is 1.51. The third-order valence-electron chi connectivity index (χ3n) is 3.95. The van der Waals surface area contributed by atoms with Gasteiger partial charge < -0.3 is 20.5 Å². The van der Waals surface area contributed by atoms with Gasteiger partial charge in [0.2, 0.25) is 5.91 Å². The van der Waals surface area contributed by atoms with Gasteiger partial charge in [0.25, 0.3) is 0 Å². The minimum absolute atomic E-state index is 0.158. The summed E-state index contributed by atoms with van der Waals surface area (Å²) in [4.78, 5) is 12.1. The van der Waals surface area contributed by atoms with Crippen LogP contribution in [0, 0.1) is 11.7 Å². The van der Waals surface area contributed by atoms with Crippen LogP contribution in [0.4, 0.5) is 4.39 Å². The standard InChI is InChI=1S/C16H23FN2O3/c1-21-10-13-8-11(2-3-14(13)17)9-19-16(20)15(18)12-4-6-22-7-5-12/h2-3,8,12,15H,4-7,9-10,18H2,1H3,(H,19,20)/t15-/m1/s1. The van der Waals surface area contributed by atoms with E-state index in [4.69, 9.17) is 15.2 Å². The normalized spacial score (nSPS) is 17.2. The number of methoxy groups -OCH3 is 1. The van der Waals surface area contributed by atoms with Crippen LogP contribution in [0.2, 0.25) is 0 Å². The van der Waals surface area contributed by atoms with Gasteiger partial charge in [0.1, 0.15) is 5.82 Å². The molecule has 1 heterocycles. The SMILES string of the molecule is COCc1cc(CNC(=O)[C@H](N)C2CCOCC2)ccc1F. The van der Waals surface area contributed by atoms with Gasteiger partial charge in [-0.05, 0) is 36.5 Å². The monoisotopic (exact) mass is 310 g/mol. The van der Waals surface area contributed by atoms with Crippen molar-refractivity contribution in [3.8, 4) is 0 Å². The number of carbonyl (C=O) groups is 1. The molecule has 2 rings (SSSR count). The van der Waals surface area contributed by atoms with E-state index < -0.39 is 6.04 Å². The number of amides is 1. The van der Waals surface area contributed by atoms with Crippen LogP contribution in [0.25, 0.3) is 0 Å². The number of rotatable bonds is 6. The fourth-order valence-electron chi connectivity index (χ4n) is 2.60. The molecule has 122 valence electrons. The van der Waals surface area contributed by atoms with Crippen LogP contribution in [0.5, 0.6) is 0 Å². The highest BCUT2D eigenvalue weighted by Crippen LogP contribution is 2.18. The average molecular weight is 310 g/mol. The predicted molar refractivity (Wildman–Crippen MR) is 80.5 cm³/mol. The molecule has 1 aromatic rings. The molecule has 0 bridgehead atoms. The van der Waals surface area contributed by atoms with E-state index in [-0.39, 0.29) is 24.2 Å². The van der Waals surface area contributed by atoms with Crippen molar-refractivity contribution in [1.82, 2.24) is 5.32 Å². The molecule has 3 N–H and O–H groups in total. The molecule has 1 aliphatic heterocycles. The van der Waals surface area contributed by atoms with Crippen molar-refractivity contribution in [2.75, 3.05) is 20.3 Å². The average Bonchev–Trinajstić information content (AvgIpc) is 2.55. The lowest BCUT2D eigenvalue weighted by Crippen LogP contribution is -2.46. The number of halogens is 1. The Balaban J connectivity index is 1.88. The van der Waals surface area contributed by atoms with Gasteiger partial charge in [-0.2, -0.15) is 0 Å². The molecular formula is C16H23FN2O3. The molecular weight excluding hydrogens is 287 g/mol. The maximum absolute atomic E-state index is 13.5. The zero-order valence-corrected chi connectivity index (χ0v) is 12.8. The zero-order chi connectivity index (χ0) is 15.9. The number of hydrogen-bond acceptors (Lipinski definition) is 4. The Hall–Kier alpha value is -1.50. The second kappa shape index (κ2) is 8.22. The number of ether oxygens (including phenoxy) is 2. The van der Waals surface area contributed by atoms with Crippen molar-refractivity contribution in [1.29, 1.82) is 0 Å². The number of nitrogens with two attached hydrogens (primary N) is 1. The van der Waals surface area contributed by atoms with Gasteiger partial charge in [-0.25, -0.2) is 4.39 Å². The second-order valence-electron chi connectivity index (χ2n) is 5.55. The third kappa shape index (κ3) is 4.50. The molecule has 1 amide bonds. The largest absolute Gasteiger partial charge is 0.381 e. The van der Waals surface area contributed by atoms with Gasteiger partial charge in [-0.1, -0.05) is 6.07 Å². The zero-order valence-electron chi connectivity index (χ0n) is 12.8. The Bertz CT molecular complexity index is 504. The maximum Gasteiger partial charge on any atom is 0.237 e. The summed E-state index contributed by atoms with van der Waals surface area (Å²) < 4.78 is 23.7. The summed E-state index contributed by atoms with van der Waals surface area (Å²) in [6.45, 7) is 1.84. The highest BCUT2D eigenvalue weighted by molar-refractivity contribution is 5.81. The molecule has 0 unspecified atom stereocenters. The van der Waals surface area contributed by atoms with Crippen LogP contribution in [-0.2, 0) is 27.4 Å². The number of hydrogen-bond donors (Lipinski definition) is 2. The summed E-state index contributed by atoms with van der Waals surface area (Å²) in [5, 5.41) is 2.82. The van der Waals surface area contributed by atoms with Crippen molar-refractivity contribution in [2.45, 2.75) is 32.0 Å². The van der Waals surface area contributed by atoms with Gasteiger partial charge >= 0.3 is 0 Å². The fraction of sp³-hybridized carbons (Fsp3) is 0.562. The van der Waals surface area contributed by atoms with Crippen LogP contribution in [0.15, 0.2) is 18.2 Å². The minimum Gasteiger partial charge on any atom is -0.381 e. The Morgan fingerprint density at radius 3 is 2.91 bits per heavy atom. The van der Waals surface area contributed by atoms with Gasteiger partial charge in [0.15, 0.2) is 0 Å². The number of benzene rings is 1. The number of carbonyl (C=O) groups excluding carboxylic acids is 1. The lowest BCUT2D eigenvalue weighted by molar-refractivity contribution is -0.124. The van der Waals surface area contributed by atoms with Gasteiger partial charge in [-0.15, -0.1) is 0 Å². The topological polar surface area (TPSA) is 73.6 Å². The summed E-state index contributed by atoms with van der Waals surface area (Å²) >= 11 is 0. The van der Waals surface area contributed by atoms with Crippen molar-refractivity contribution in [3.63, 3.8) is 0 Å². The highest BCUT2D eigenvalue weighted by Gasteiger charge is 2.26. The first kappa shape index (κ1) is 16.9. The van der Waals surface area contributed by atoms with Crippen LogP contribution >= 0.6 is 0 Å². The van der Waals surface area contributed by atoms with Gasteiger partial charge in [0.05, 0.1) is 12.6 Å². The van der Waals surface area contributed by atoms with Gasteiger partial charge in [-0.3, -0.25) is 4.79 Å². The Kier molecular flexibility index (Phi) is 6.30. The summed E-state index contributed by atoms with van der Waals surface area (Å²) in [5.41, 5.74) is 7.31. The Morgan fingerprint density at radius 2 is 2.23 bits per heavy atom. The summed E-state index contributed by atoms with van der Waals surface area (Å²) in [6, 6.07) is 4.20. The lowest BCUT2D eigenvalue weighted by atomic mass is 9.92. The lowest BCUT2D eigenvalue weighted by Gasteiger charge is -2.26. The molecule has 5 nitrogen and oxygen atoms in total. The minimum atomic E-state index is -0.525. The fourth-order valence-corrected chi connectivity index (χ4v) is 2.60. The highest BCUT2D eigenvalue weighted by atomic mass is 19.1. The van der Waals surface area contributed by atoms with E-state index in [1.165, 1.54) is 13.2 Å². The van der Waals surface area contributed by atoms with E-state index in [0.717, 1.165) is 18.4 Å². The van der Waals surface area contributed by atoms with Crippen LogP contribution in [0.3, 0.4) is 0 Å². The predicted octanol–water partition coefficient (Wildman–Crippen LogP) is 1.34. The molecule has 0 aliphatic carbocycles. The van der Waals surface area contributed by atoms with Crippen molar-refractivity contribution >= 4 is 5.91 Å². The van der Waals surface area contributed by atoms with Crippen LogP contribution in [0.1, 0.15) is 24.0 Å². The molecule has 1 atom stereocenters. The van der Waals surface area contributed by atoms with E-state index in [1.807, 2.05) is 0 Å². The van der Waals surface area contributed by atoms with Gasteiger partial charge in [0, 0.05) is 32.4 Å². The van der Waals surface area contributed by atoms with E-state index >= 15 is 0 Å². The quantitative estimate of drug-likeness (QED) is 0.831. The van der Waals surface area contributed by atoms with Crippen LogP contribution < -0.4 is 11.1 Å². The first-order chi connectivity index (χ1) is 10.6. The number of nitrogens with one attached hydrogen (secondary N) is 1. The molecule has 6 heteroatoms. The molecule has 1 saturated heterocycles. The molecule has 0 radical (unpaired) electrons. The van der Waals surface area contributed by atoms with Crippen molar-refractivity contribution in [3.05, 3.63) is 35.1 Å². The maximum atomic E-state index is 13.5. The molecule has 1 aliphatic rings. The second-order valence-corrected chi connectivity index (χ2v) is 5.55. The first-order valence-electron chi connectivity index (χ1n) is 7.49. The van der Waals surface area contributed by atoms with Crippen molar-refractivity contribution in [2.24, 2.45) is 11.7 Å². The molecule has 0 aromatic heterocycles. The Morgan fingerprint density at radius 1 is 1.50 bits per heavy atom. The molecule has 22 heavy (non-hydrogen) atoms. The van der Waals surface area contributed by atoms with E-state index in [0.29, 0.717) is 25.3 Å². The summed E-state index contributed by atoms with van der Waals surface area (Å²) in [6.07, 6.45) is 1.62. The third-order valence-corrected chi connectivity index (χ3v) is 3.95. The van der Waals surface area contributed by atoms with Crippen molar-refractivity contribution < 1.29 is 18.7 Å². The van der Waals surface area contributed by atoms with E-state index in [9.17, 15) is 9.18 Å². The first-order valence-corrected chi connectivity index (χ1v) is 7.49. The molecule has 1 fully saturated rings. The van der Waals surface area contributed by atoms with Crippen LogP contribution in [-0.4, -0.2) is 32.3 Å². The molecule has 1 aromatic carbocycles. The molecule has 0 saturated carbocycles. The summed E-state index contributed by atoms with van der Waals surface area (Å²) in [5.74, 6) is -0.327. The smallest absolute Gasteiger partial charge is 0.237 e.